The average molecular weight is 308 g/mol. The molecule has 0 radical (unpaired) electrons. The second-order valence-corrected chi connectivity index (χ2v) is 5.24. The van der Waals surface area contributed by atoms with Gasteiger partial charge in [0.1, 0.15) is 11.9 Å². The van der Waals surface area contributed by atoms with Crippen LogP contribution in [0.15, 0.2) is 41.1 Å². The van der Waals surface area contributed by atoms with Gasteiger partial charge in [0, 0.05) is 4.47 Å². The zero-order valence-corrected chi connectivity index (χ0v) is 11.4. The van der Waals surface area contributed by atoms with E-state index in [1.165, 1.54) is 6.42 Å². The summed E-state index contributed by atoms with van der Waals surface area (Å²) < 4.78 is 8.69. The van der Waals surface area contributed by atoms with Crippen LogP contribution < -0.4 is 10.1 Å². The van der Waals surface area contributed by atoms with Crippen LogP contribution in [0, 0.1) is 0 Å². The summed E-state index contributed by atoms with van der Waals surface area (Å²) in [5, 5.41) is 7.73. The minimum Gasteiger partial charge on any atom is -0.454 e. The van der Waals surface area contributed by atoms with Gasteiger partial charge in [0.15, 0.2) is 5.75 Å². The molecule has 1 aliphatic heterocycles. The SMILES string of the molecule is Brc1cccc(Oc2cnn(C3CCCN3)c2)c1. The number of aromatic nitrogens is 2. The first kappa shape index (κ1) is 11.7. The Labute approximate surface area is 114 Å². The van der Waals surface area contributed by atoms with Gasteiger partial charge in [0.05, 0.1) is 12.4 Å². The quantitative estimate of drug-likeness (QED) is 0.945. The van der Waals surface area contributed by atoms with Gasteiger partial charge in [-0.05, 0) is 37.6 Å². The summed E-state index contributed by atoms with van der Waals surface area (Å²) >= 11 is 3.42. The summed E-state index contributed by atoms with van der Waals surface area (Å²) in [6.07, 6.45) is 6.32. The lowest BCUT2D eigenvalue weighted by Crippen LogP contribution is -2.19. The molecule has 18 heavy (non-hydrogen) atoms. The zero-order chi connectivity index (χ0) is 12.4. The first-order chi connectivity index (χ1) is 8.81. The standard InChI is InChI=1S/C13H14BrN3O/c14-10-3-1-4-11(7-10)18-12-8-16-17(9-12)13-5-2-6-15-13/h1,3-4,7-9,13,15H,2,5-6H2. The van der Waals surface area contributed by atoms with Crippen molar-refractivity contribution >= 4 is 15.9 Å². The Morgan fingerprint density at radius 2 is 2.33 bits per heavy atom. The number of benzene rings is 1. The molecule has 1 saturated heterocycles. The second kappa shape index (κ2) is 5.12. The van der Waals surface area contributed by atoms with Crippen LogP contribution >= 0.6 is 15.9 Å². The van der Waals surface area contributed by atoms with Crippen molar-refractivity contribution in [3.8, 4) is 11.5 Å². The first-order valence-electron chi connectivity index (χ1n) is 6.02. The van der Waals surface area contributed by atoms with Gasteiger partial charge in [-0.3, -0.25) is 10.00 Å². The minimum absolute atomic E-state index is 0.310. The molecular weight excluding hydrogens is 294 g/mol. The van der Waals surface area contributed by atoms with Crippen LogP contribution in [-0.2, 0) is 0 Å². The third-order valence-electron chi connectivity index (χ3n) is 2.96. The van der Waals surface area contributed by atoms with Crippen molar-refractivity contribution in [2.45, 2.75) is 19.0 Å². The highest BCUT2D eigenvalue weighted by Gasteiger charge is 2.16. The van der Waals surface area contributed by atoms with Crippen LogP contribution in [0.1, 0.15) is 19.0 Å². The summed E-state index contributed by atoms with van der Waals surface area (Å²) in [5.74, 6) is 1.57. The van der Waals surface area contributed by atoms with E-state index in [0.29, 0.717) is 6.17 Å². The Balaban J connectivity index is 1.73. The third kappa shape index (κ3) is 2.57. The Kier molecular flexibility index (Phi) is 3.34. The third-order valence-corrected chi connectivity index (χ3v) is 3.46. The van der Waals surface area contributed by atoms with E-state index in [9.17, 15) is 0 Å². The summed E-state index contributed by atoms with van der Waals surface area (Å²) in [5.41, 5.74) is 0. The van der Waals surface area contributed by atoms with Gasteiger partial charge in [-0.25, -0.2) is 0 Å². The molecule has 1 fully saturated rings. The van der Waals surface area contributed by atoms with E-state index in [1.807, 2.05) is 35.1 Å². The molecule has 0 amide bonds. The molecule has 2 aromatic rings. The topological polar surface area (TPSA) is 39.1 Å². The van der Waals surface area contributed by atoms with Gasteiger partial charge < -0.3 is 4.74 Å². The van der Waals surface area contributed by atoms with Gasteiger partial charge in [0.25, 0.3) is 0 Å². The molecule has 1 aliphatic rings. The minimum atomic E-state index is 0.310. The monoisotopic (exact) mass is 307 g/mol. The number of hydrogen-bond donors (Lipinski definition) is 1. The van der Waals surface area contributed by atoms with Crippen LogP contribution in [0.25, 0.3) is 0 Å². The lowest BCUT2D eigenvalue weighted by molar-refractivity contribution is 0.420. The summed E-state index contributed by atoms with van der Waals surface area (Å²) in [4.78, 5) is 0. The molecule has 1 unspecified atom stereocenters. The maximum Gasteiger partial charge on any atom is 0.165 e. The molecule has 0 saturated carbocycles. The number of ether oxygens (including phenoxy) is 1. The molecule has 1 aromatic heterocycles. The van der Waals surface area contributed by atoms with Crippen molar-refractivity contribution in [2.75, 3.05) is 6.54 Å². The summed E-state index contributed by atoms with van der Waals surface area (Å²) in [6, 6.07) is 7.78. The smallest absolute Gasteiger partial charge is 0.165 e. The summed E-state index contributed by atoms with van der Waals surface area (Å²) in [7, 11) is 0. The molecule has 1 atom stereocenters. The van der Waals surface area contributed by atoms with E-state index >= 15 is 0 Å². The molecule has 2 heterocycles. The molecule has 5 heteroatoms. The molecule has 3 rings (SSSR count). The van der Waals surface area contributed by atoms with Gasteiger partial charge in [-0.15, -0.1) is 0 Å². The molecule has 4 nitrogen and oxygen atoms in total. The number of nitrogens with zero attached hydrogens (tertiary/aromatic N) is 2. The van der Waals surface area contributed by atoms with Gasteiger partial charge >= 0.3 is 0 Å². The maximum absolute atomic E-state index is 5.76. The number of halogens is 1. The van der Waals surface area contributed by atoms with Crippen molar-refractivity contribution < 1.29 is 4.74 Å². The Morgan fingerprint density at radius 3 is 3.11 bits per heavy atom. The van der Waals surface area contributed by atoms with E-state index in [2.05, 4.69) is 26.3 Å². The fourth-order valence-electron chi connectivity index (χ4n) is 2.10. The average Bonchev–Trinajstić information content (AvgIpc) is 2.98. The number of hydrogen-bond acceptors (Lipinski definition) is 3. The first-order valence-corrected chi connectivity index (χ1v) is 6.81. The van der Waals surface area contributed by atoms with Crippen molar-refractivity contribution in [3.05, 3.63) is 41.1 Å². The molecule has 0 bridgehead atoms. The largest absolute Gasteiger partial charge is 0.454 e. The molecule has 0 spiro atoms. The lowest BCUT2D eigenvalue weighted by Gasteiger charge is -2.09. The zero-order valence-electron chi connectivity index (χ0n) is 9.84. The normalized spacial score (nSPS) is 19.1. The second-order valence-electron chi connectivity index (χ2n) is 4.33. The fourth-order valence-corrected chi connectivity index (χ4v) is 2.48. The molecule has 1 N–H and O–H groups in total. The highest BCUT2D eigenvalue weighted by atomic mass is 79.9. The number of rotatable bonds is 3. The summed E-state index contributed by atoms with van der Waals surface area (Å²) in [6.45, 7) is 1.06. The molecule has 0 aliphatic carbocycles. The van der Waals surface area contributed by atoms with Crippen LogP contribution in [0.2, 0.25) is 0 Å². The molecule has 1 aromatic carbocycles. The highest BCUT2D eigenvalue weighted by Crippen LogP contribution is 2.25. The van der Waals surface area contributed by atoms with Crippen molar-refractivity contribution in [1.82, 2.24) is 15.1 Å². The van der Waals surface area contributed by atoms with Crippen molar-refractivity contribution in [3.63, 3.8) is 0 Å². The van der Waals surface area contributed by atoms with E-state index < -0.39 is 0 Å². The van der Waals surface area contributed by atoms with Crippen LogP contribution in [0.5, 0.6) is 11.5 Å². The predicted molar refractivity (Wildman–Crippen MR) is 72.7 cm³/mol. The Bertz CT molecular complexity index is 535. The predicted octanol–water partition coefficient (Wildman–Crippen LogP) is 3.32. The van der Waals surface area contributed by atoms with Crippen LogP contribution in [-0.4, -0.2) is 16.3 Å². The van der Waals surface area contributed by atoms with Crippen molar-refractivity contribution in [2.24, 2.45) is 0 Å². The number of nitrogens with one attached hydrogen (secondary N) is 1. The lowest BCUT2D eigenvalue weighted by atomic mass is 10.3. The Morgan fingerprint density at radius 1 is 1.39 bits per heavy atom. The van der Waals surface area contributed by atoms with E-state index in [0.717, 1.165) is 28.9 Å². The van der Waals surface area contributed by atoms with Crippen LogP contribution in [0.3, 0.4) is 0 Å². The molecule has 94 valence electrons. The van der Waals surface area contributed by atoms with Crippen LogP contribution in [0.4, 0.5) is 0 Å². The maximum atomic E-state index is 5.76. The van der Waals surface area contributed by atoms with Gasteiger partial charge in [-0.2, -0.15) is 5.10 Å². The van der Waals surface area contributed by atoms with Gasteiger partial charge in [-0.1, -0.05) is 22.0 Å². The van der Waals surface area contributed by atoms with E-state index in [4.69, 9.17) is 4.74 Å². The fraction of sp³-hybridized carbons (Fsp3) is 0.308. The Hall–Kier alpha value is -1.33. The highest BCUT2D eigenvalue weighted by molar-refractivity contribution is 9.10. The molecular formula is C13H14BrN3O. The van der Waals surface area contributed by atoms with E-state index in [-0.39, 0.29) is 0 Å². The van der Waals surface area contributed by atoms with E-state index in [1.54, 1.807) is 6.20 Å². The van der Waals surface area contributed by atoms with Gasteiger partial charge in [0.2, 0.25) is 0 Å². The van der Waals surface area contributed by atoms with Crippen molar-refractivity contribution in [1.29, 1.82) is 0 Å².